The number of pyridine rings is 1. The van der Waals surface area contributed by atoms with Crippen molar-refractivity contribution in [1.82, 2.24) is 15.3 Å². The number of nitrogens with one attached hydrogen (secondary N) is 2. The van der Waals surface area contributed by atoms with E-state index < -0.39 is 0 Å². The van der Waals surface area contributed by atoms with Crippen molar-refractivity contribution in [2.24, 2.45) is 0 Å². The van der Waals surface area contributed by atoms with Crippen LogP contribution in [-0.2, 0) is 6.54 Å². The minimum Gasteiger partial charge on any atom is -0.454 e. The number of hydrogen-bond donors (Lipinski definition) is 2. The molecule has 0 radical (unpaired) electrons. The molecule has 0 atom stereocenters. The van der Waals surface area contributed by atoms with Gasteiger partial charge in [0.05, 0.1) is 11.0 Å². The molecule has 134 valence electrons. The number of aromatic amines is 1. The molecule has 1 aliphatic heterocycles. The molecule has 3 heterocycles. The predicted octanol–water partition coefficient (Wildman–Crippen LogP) is 3.68. The van der Waals surface area contributed by atoms with Crippen molar-refractivity contribution in [3.63, 3.8) is 0 Å². The maximum atomic E-state index is 12.6. The molecule has 0 unspecified atom stereocenters. The summed E-state index contributed by atoms with van der Waals surface area (Å²) < 4.78 is 10.7. The first kappa shape index (κ1) is 15.7. The van der Waals surface area contributed by atoms with Gasteiger partial charge < -0.3 is 19.8 Å². The van der Waals surface area contributed by atoms with E-state index in [0.29, 0.717) is 18.0 Å². The number of carbonyl (C=O) groups excluding carboxylic acids is 1. The Morgan fingerprint density at radius 2 is 1.89 bits per heavy atom. The minimum absolute atomic E-state index is 0.204. The lowest BCUT2D eigenvalue weighted by Gasteiger charge is -2.05. The second-order valence-electron chi connectivity index (χ2n) is 6.62. The molecule has 1 aliphatic rings. The fourth-order valence-electron chi connectivity index (χ4n) is 3.32. The molecule has 2 aromatic carbocycles. The lowest BCUT2D eigenvalue weighted by molar-refractivity contribution is 0.0946. The summed E-state index contributed by atoms with van der Waals surface area (Å²) in [7, 11) is 0. The van der Waals surface area contributed by atoms with E-state index in [1.807, 2.05) is 49.4 Å². The zero-order valence-corrected chi connectivity index (χ0v) is 14.7. The van der Waals surface area contributed by atoms with Gasteiger partial charge in [-0.3, -0.25) is 4.79 Å². The molecular formula is C21H17N3O3. The van der Waals surface area contributed by atoms with Crippen LogP contribution in [0.2, 0.25) is 0 Å². The van der Waals surface area contributed by atoms with E-state index in [-0.39, 0.29) is 12.7 Å². The number of ether oxygens (including phenoxy) is 2. The molecule has 0 fully saturated rings. The van der Waals surface area contributed by atoms with Crippen molar-refractivity contribution in [1.29, 1.82) is 0 Å². The molecule has 0 spiro atoms. The second kappa shape index (κ2) is 6.02. The number of fused-ring (bicyclic) bond motifs is 4. The lowest BCUT2D eigenvalue weighted by Crippen LogP contribution is -2.23. The smallest absolute Gasteiger partial charge is 0.270 e. The Morgan fingerprint density at radius 3 is 2.81 bits per heavy atom. The Bertz CT molecular complexity index is 1200. The topological polar surface area (TPSA) is 76.2 Å². The molecule has 2 N–H and O–H groups in total. The minimum atomic E-state index is -0.204. The summed E-state index contributed by atoms with van der Waals surface area (Å²) in [5.74, 6) is 1.23. The summed E-state index contributed by atoms with van der Waals surface area (Å²) in [6.07, 6.45) is 0. The van der Waals surface area contributed by atoms with Crippen LogP contribution in [0.1, 0.15) is 21.7 Å². The van der Waals surface area contributed by atoms with Gasteiger partial charge in [-0.15, -0.1) is 0 Å². The molecule has 0 bridgehead atoms. The number of nitrogens with zero attached hydrogens (tertiary/aromatic N) is 1. The Kier molecular flexibility index (Phi) is 3.50. The van der Waals surface area contributed by atoms with Gasteiger partial charge in [0, 0.05) is 23.0 Å². The van der Waals surface area contributed by atoms with Crippen molar-refractivity contribution in [3.8, 4) is 11.5 Å². The van der Waals surface area contributed by atoms with Crippen LogP contribution in [0, 0.1) is 6.92 Å². The highest BCUT2D eigenvalue weighted by molar-refractivity contribution is 6.07. The van der Waals surface area contributed by atoms with Crippen molar-refractivity contribution in [2.45, 2.75) is 13.5 Å². The Balaban J connectivity index is 1.40. The maximum Gasteiger partial charge on any atom is 0.270 e. The van der Waals surface area contributed by atoms with Crippen LogP contribution in [0.25, 0.3) is 21.8 Å². The maximum absolute atomic E-state index is 12.6. The number of aromatic nitrogens is 2. The number of rotatable bonds is 3. The van der Waals surface area contributed by atoms with Gasteiger partial charge >= 0.3 is 0 Å². The Hall–Kier alpha value is -3.54. The highest BCUT2D eigenvalue weighted by Gasteiger charge is 2.15. The highest BCUT2D eigenvalue weighted by atomic mass is 16.7. The van der Waals surface area contributed by atoms with Crippen LogP contribution in [0.4, 0.5) is 0 Å². The van der Waals surface area contributed by atoms with Crippen LogP contribution >= 0.6 is 0 Å². The molecule has 4 aromatic rings. The molecule has 27 heavy (non-hydrogen) atoms. The fourth-order valence-corrected chi connectivity index (χ4v) is 3.32. The van der Waals surface area contributed by atoms with Crippen molar-refractivity contribution < 1.29 is 14.3 Å². The van der Waals surface area contributed by atoms with Gasteiger partial charge in [-0.25, -0.2) is 4.98 Å². The van der Waals surface area contributed by atoms with Crippen LogP contribution in [-0.4, -0.2) is 22.7 Å². The molecule has 2 aromatic heterocycles. The average Bonchev–Trinajstić information content (AvgIpc) is 3.32. The molecule has 6 heteroatoms. The summed E-state index contributed by atoms with van der Waals surface area (Å²) in [6, 6.07) is 15.6. The predicted molar refractivity (Wildman–Crippen MR) is 102 cm³/mol. The van der Waals surface area contributed by atoms with Crippen molar-refractivity contribution >= 4 is 27.7 Å². The standard InChI is InChI=1S/C21H17N3O3/c1-12-2-4-14-5-6-15-9-16(24-20(15)19(14)23-12)21(25)22-10-13-3-7-17-18(8-13)27-11-26-17/h2-9,23H,10-11H2,1H3,(H,22,25). The van der Waals surface area contributed by atoms with Gasteiger partial charge in [0.25, 0.3) is 5.91 Å². The lowest BCUT2D eigenvalue weighted by atomic mass is 10.1. The van der Waals surface area contributed by atoms with Crippen LogP contribution < -0.4 is 14.8 Å². The Morgan fingerprint density at radius 1 is 1.07 bits per heavy atom. The molecule has 0 saturated carbocycles. The van der Waals surface area contributed by atoms with Gasteiger partial charge in [-0.1, -0.05) is 24.3 Å². The Labute approximate surface area is 155 Å². The molecule has 6 nitrogen and oxygen atoms in total. The van der Waals surface area contributed by atoms with Crippen molar-refractivity contribution in [2.75, 3.05) is 6.79 Å². The van der Waals surface area contributed by atoms with E-state index in [1.54, 1.807) is 0 Å². The van der Waals surface area contributed by atoms with Gasteiger partial charge in [0.1, 0.15) is 5.69 Å². The van der Waals surface area contributed by atoms with Gasteiger partial charge in [-0.05, 0) is 36.8 Å². The van der Waals surface area contributed by atoms with Gasteiger partial charge in [-0.2, -0.15) is 0 Å². The zero-order chi connectivity index (χ0) is 18.4. The third-order valence-electron chi connectivity index (χ3n) is 4.72. The largest absolute Gasteiger partial charge is 0.454 e. The second-order valence-corrected chi connectivity index (χ2v) is 6.62. The van der Waals surface area contributed by atoms with Crippen molar-refractivity contribution in [3.05, 3.63) is 65.5 Å². The quantitative estimate of drug-likeness (QED) is 0.585. The van der Waals surface area contributed by atoms with Crippen LogP contribution in [0.3, 0.4) is 0 Å². The number of amides is 1. The van der Waals surface area contributed by atoms with Crippen LogP contribution in [0.15, 0.2) is 48.5 Å². The number of aryl methyl sites for hydroxylation is 1. The molecule has 5 rings (SSSR count). The summed E-state index contributed by atoms with van der Waals surface area (Å²) in [6.45, 7) is 2.63. The monoisotopic (exact) mass is 359 g/mol. The van der Waals surface area contributed by atoms with Gasteiger partial charge in [0.2, 0.25) is 6.79 Å². The fraction of sp³-hybridized carbons (Fsp3) is 0.143. The highest BCUT2D eigenvalue weighted by Crippen LogP contribution is 2.32. The third-order valence-corrected chi connectivity index (χ3v) is 4.72. The molecular weight excluding hydrogens is 342 g/mol. The van der Waals surface area contributed by atoms with E-state index in [0.717, 1.165) is 38.8 Å². The number of carbonyl (C=O) groups is 1. The first-order chi connectivity index (χ1) is 13.2. The number of benzene rings is 2. The summed E-state index contributed by atoms with van der Waals surface area (Å²) in [5.41, 5.74) is 4.16. The average molecular weight is 359 g/mol. The third kappa shape index (κ3) is 2.75. The summed E-state index contributed by atoms with van der Waals surface area (Å²) in [4.78, 5) is 20.5. The summed E-state index contributed by atoms with van der Waals surface area (Å²) in [5, 5.41) is 4.93. The van der Waals surface area contributed by atoms with Gasteiger partial charge in [0.15, 0.2) is 11.5 Å². The van der Waals surface area contributed by atoms with E-state index in [9.17, 15) is 4.79 Å². The van der Waals surface area contributed by atoms with E-state index in [1.165, 1.54) is 0 Å². The molecule has 0 saturated heterocycles. The number of H-pyrrole nitrogens is 1. The van der Waals surface area contributed by atoms with E-state index in [2.05, 4.69) is 21.4 Å². The van der Waals surface area contributed by atoms with E-state index >= 15 is 0 Å². The SMILES string of the molecule is Cc1ccc2ccc3cc(C(=O)NCc4ccc5c(c4)OCO5)nc3c2[nH]1. The molecule has 0 aliphatic carbocycles. The van der Waals surface area contributed by atoms with Crippen LogP contribution in [0.5, 0.6) is 11.5 Å². The zero-order valence-electron chi connectivity index (χ0n) is 14.7. The molecule has 1 amide bonds. The normalized spacial score (nSPS) is 12.6. The first-order valence-electron chi connectivity index (χ1n) is 8.73. The first-order valence-corrected chi connectivity index (χ1v) is 8.73. The van der Waals surface area contributed by atoms with E-state index in [4.69, 9.17) is 9.47 Å². The summed E-state index contributed by atoms with van der Waals surface area (Å²) >= 11 is 0. The number of hydrogen-bond acceptors (Lipinski definition) is 4.